The number of aromatic nitrogens is 1. The van der Waals surface area contributed by atoms with Crippen LogP contribution < -0.4 is 18.9 Å². The number of methoxy groups -OCH3 is 4. The van der Waals surface area contributed by atoms with Crippen molar-refractivity contribution in [1.29, 1.82) is 0 Å². The van der Waals surface area contributed by atoms with E-state index in [-0.39, 0.29) is 11.4 Å². The molecule has 0 atom stereocenters. The second-order valence-electron chi connectivity index (χ2n) is 7.14. The Labute approximate surface area is 187 Å². The van der Waals surface area contributed by atoms with Crippen molar-refractivity contribution < 1.29 is 28.8 Å². The maximum atomic E-state index is 12.2. The van der Waals surface area contributed by atoms with E-state index in [1.807, 2.05) is 49.4 Å². The molecular weight excluding hydrogens is 410 g/mol. The highest BCUT2D eigenvalue weighted by Gasteiger charge is 2.25. The second-order valence-corrected chi connectivity index (χ2v) is 7.14. The first-order chi connectivity index (χ1) is 15.4. The van der Waals surface area contributed by atoms with E-state index >= 15 is 0 Å². The van der Waals surface area contributed by atoms with Crippen molar-refractivity contribution >= 4 is 5.97 Å². The summed E-state index contributed by atoms with van der Waals surface area (Å²) in [7, 11) is 6.14. The smallest absolute Gasteiger partial charge is 0.341 e. The summed E-state index contributed by atoms with van der Waals surface area (Å²) in [4.78, 5) is 16.6. The molecule has 0 aliphatic carbocycles. The Balaban J connectivity index is 2.11. The number of carboxylic acid groups (broad SMARTS) is 1. The molecule has 0 aliphatic rings. The van der Waals surface area contributed by atoms with Gasteiger partial charge in [0.05, 0.1) is 28.4 Å². The van der Waals surface area contributed by atoms with Crippen LogP contribution in [0.4, 0.5) is 0 Å². The molecule has 0 spiro atoms. The predicted molar refractivity (Wildman–Crippen MR) is 121 cm³/mol. The lowest BCUT2D eigenvalue weighted by atomic mass is 9.90. The molecule has 0 bridgehead atoms. The Hall–Kier alpha value is -3.74. The Morgan fingerprint density at radius 1 is 0.906 bits per heavy atom. The number of nitrogens with zero attached hydrogens (tertiary/aromatic N) is 1. The molecule has 1 heterocycles. The van der Waals surface area contributed by atoms with Crippen LogP contribution >= 0.6 is 0 Å². The van der Waals surface area contributed by atoms with Gasteiger partial charge >= 0.3 is 5.97 Å². The Morgan fingerprint density at radius 2 is 1.53 bits per heavy atom. The standard InChI is InChI=1S/C25H27NO6/c1-15-18(12-11-16-13-19(29-2)23(31-4)20(14-16)30-3)21(17-9-7-6-8-10-17)22(25(27)28)24(26-15)32-5/h6-10,13-14H,11-12H2,1-5H3,(H,27,28). The molecule has 7 nitrogen and oxygen atoms in total. The van der Waals surface area contributed by atoms with E-state index in [4.69, 9.17) is 18.9 Å². The summed E-state index contributed by atoms with van der Waals surface area (Å²) in [6.07, 6.45) is 1.18. The van der Waals surface area contributed by atoms with Gasteiger partial charge in [0.25, 0.3) is 0 Å². The summed E-state index contributed by atoms with van der Waals surface area (Å²) < 4.78 is 21.6. The largest absolute Gasteiger partial charge is 0.493 e. The lowest BCUT2D eigenvalue weighted by molar-refractivity contribution is 0.0693. The fourth-order valence-electron chi connectivity index (χ4n) is 3.84. The molecule has 0 fully saturated rings. The molecule has 32 heavy (non-hydrogen) atoms. The number of aryl methyl sites for hydroxylation is 2. The van der Waals surface area contributed by atoms with E-state index in [9.17, 15) is 9.90 Å². The molecule has 3 rings (SSSR count). The molecule has 0 unspecified atom stereocenters. The van der Waals surface area contributed by atoms with Gasteiger partial charge in [0.2, 0.25) is 11.6 Å². The van der Waals surface area contributed by atoms with Crippen LogP contribution in [0, 0.1) is 6.92 Å². The molecule has 0 saturated carbocycles. The molecule has 0 radical (unpaired) electrons. The number of hydrogen-bond donors (Lipinski definition) is 1. The molecule has 0 amide bonds. The Bertz CT molecular complexity index is 1090. The van der Waals surface area contributed by atoms with Gasteiger partial charge in [0, 0.05) is 11.3 Å². The van der Waals surface area contributed by atoms with Crippen LogP contribution in [0.5, 0.6) is 23.1 Å². The topological polar surface area (TPSA) is 87.1 Å². The third kappa shape index (κ3) is 4.46. The van der Waals surface area contributed by atoms with Crippen LogP contribution in [-0.4, -0.2) is 44.5 Å². The molecule has 1 N–H and O–H groups in total. The van der Waals surface area contributed by atoms with Crippen molar-refractivity contribution in [3.05, 3.63) is 64.8 Å². The van der Waals surface area contributed by atoms with Gasteiger partial charge in [-0.3, -0.25) is 0 Å². The molecular formula is C25H27NO6. The number of aromatic carboxylic acids is 1. The monoisotopic (exact) mass is 437 g/mol. The molecule has 3 aromatic rings. The lowest BCUT2D eigenvalue weighted by Crippen LogP contribution is -2.11. The minimum absolute atomic E-state index is 0.0594. The van der Waals surface area contributed by atoms with Gasteiger partial charge in [-0.15, -0.1) is 0 Å². The molecule has 168 valence electrons. The molecule has 7 heteroatoms. The third-order valence-electron chi connectivity index (χ3n) is 5.33. The van der Waals surface area contributed by atoms with Crippen LogP contribution in [0.1, 0.15) is 27.2 Å². The highest BCUT2D eigenvalue weighted by Crippen LogP contribution is 2.39. The SMILES string of the molecule is COc1cc(CCc2c(C)nc(OC)c(C(=O)O)c2-c2ccccc2)cc(OC)c1OC. The average Bonchev–Trinajstić information content (AvgIpc) is 2.81. The zero-order valence-corrected chi connectivity index (χ0v) is 18.9. The summed E-state index contributed by atoms with van der Waals surface area (Å²) in [6, 6.07) is 13.2. The number of carbonyl (C=O) groups is 1. The minimum Gasteiger partial charge on any atom is -0.493 e. The summed E-state index contributed by atoms with van der Waals surface area (Å²) in [6.45, 7) is 1.87. The first kappa shape index (κ1) is 22.9. The lowest BCUT2D eigenvalue weighted by Gasteiger charge is -2.18. The molecule has 0 saturated heterocycles. The van der Waals surface area contributed by atoms with Crippen molar-refractivity contribution in [2.75, 3.05) is 28.4 Å². The minimum atomic E-state index is -1.08. The van der Waals surface area contributed by atoms with Gasteiger partial charge in [-0.05, 0) is 48.6 Å². The number of carboxylic acids is 1. The summed E-state index contributed by atoms with van der Waals surface area (Å²) in [5, 5.41) is 9.97. The molecule has 2 aromatic carbocycles. The quantitative estimate of drug-likeness (QED) is 0.524. The van der Waals surface area contributed by atoms with Crippen LogP contribution in [0.25, 0.3) is 11.1 Å². The maximum absolute atomic E-state index is 12.2. The van der Waals surface area contributed by atoms with E-state index in [0.29, 0.717) is 35.7 Å². The zero-order valence-electron chi connectivity index (χ0n) is 18.9. The second kappa shape index (κ2) is 10.0. The Kier molecular flexibility index (Phi) is 7.20. The molecule has 0 aliphatic heterocycles. The van der Waals surface area contributed by atoms with E-state index in [2.05, 4.69) is 4.98 Å². The van der Waals surface area contributed by atoms with Crippen LogP contribution in [0.15, 0.2) is 42.5 Å². The fourth-order valence-corrected chi connectivity index (χ4v) is 3.84. The van der Waals surface area contributed by atoms with Crippen molar-refractivity contribution in [3.8, 4) is 34.3 Å². The summed E-state index contributed by atoms with van der Waals surface area (Å²) >= 11 is 0. The summed E-state index contributed by atoms with van der Waals surface area (Å²) in [5.74, 6) is 0.689. The van der Waals surface area contributed by atoms with Crippen molar-refractivity contribution in [2.24, 2.45) is 0 Å². The first-order valence-corrected chi connectivity index (χ1v) is 10.1. The van der Waals surface area contributed by atoms with Gasteiger partial charge in [-0.2, -0.15) is 0 Å². The first-order valence-electron chi connectivity index (χ1n) is 10.1. The van der Waals surface area contributed by atoms with Gasteiger partial charge in [-0.1, -0.05) is 30.3 Å². The zero-order chi connectivity index (χ0) is 23.3. The normalized spacial score (nSPS) is 10.5. The highest BCUT2D eigenvalue weighted by molar-refractivity contribution is 5.99. The number of ether oxygens (including phenoxy) is 4. The maximum Gasteiger partial charge on any atom is 0.341 e. The van der Waals surface area contributed by atoms with Gasteiger partial charge < -0.3 is 24.1 Å². The summed E-state index contributed by atoms with van der Waals surface area (Å²) in [5.41, 5.74) is 4.01. The van der Waals surface area contributed by atoms with Crippen molar-refractivity contribution in [2.45, 2.75) is 19.8 Å². The third-order valence-corrected chi connectivity index (χ3v) is 5.33. The van der Waals surface area contributed by atoms with Crippen LogP contribution in [-0.2, 0) is 12.8 Å². The van der Waals surface area contributed by atoms with E-state index in [1.165, 1.54) is 7.11 Å². The predicted octanol–water partition coefficient (Wildman–Crippen LogP) is 4.57. The number of rotatable bonds is 9. The van der Waals surface area contributed by atoms with Gasteiger partial charge in [0.1, 0.15) is 5.56 Å². The number of pyridine rings is 1. The van der Waals surface area contributed by atoms with Gasteiger partial charge in [-0.25, -0.2) is 9.78 Å². The van der Waals surface area contributed by atoms with Crippen LogP contribution in [0.3, 0.4) is 0 Å². The van der Waals surface area contributed by atoms with Crippen LogP contribution in [0.2, 0.25) is 0 Å². The van der Waals surface area contributed by atoms with E-state index in [0.717, 1.165) is 22.4 Å². The van der Waals surface area contributed by atoms with Crippen molar-refractivity contribution in [1.82, 2.24) is 4.98 Å². The Morgan fingerprint density at radius 3 is 2.03 bits per heavy atom. The number of benzene rings is 2. The van der Waals surface area contributed by atoms with E-state index < -0.39 is 5.97 Å². The van der Waals surface area contributed by atoms with E-state index in [1.54, 1.807) is 21.3 Å². The average molecular weight is 437 g/mol. The molecule has 1 aromatic heterocycles. The van der Waals surface area contributed by atoms with Crippen molar-refractivity contribution in [3.63, 3.8) is 0 Å². The van der Waals surface area contributed by atoms with Gasteiger partial charge in [0.15, 0.2) is 11.5 Å². The number of hydrogen-bond acceptors (Lipinski definition) is 6. The fraction of sp³-hybridized carbons (Fsp3) is 0.280. The highest BCUT2D eigenvalue weighted by atomic mass is 16.5.